The number of carbonyl (C=O) groups excluding carboxylic acids is 1. The molecule has 0 radical (unpaired) electrons. The molecule has 2 aromatic carbocycles. The smallest absolute Gasteiger partial charge is 0.167 e. The number of ketones is 1. The average Bonchev–Trinajstić information content (AvgIpc) is 2.33. The van der Waals surface area contributed by atoms with E-state index in [1.165, 1.54) is 0 Å². The maximum atomic E-state index is 11.9. The van der Waals surface area contributed by atoms with Gasteiger partial charge in [-0.15, -0.1) is 12.6 Å². The molecule has 0 aliphatic carbocycles. The third-order valence-electron chi connectivity index (χ3n) is 2.40. The molecule has 0 spiro atoms. The molecule has 0 aromatic heterocycles. The van der Waals surface area contributed by atoms with Crippen molar-refractivity contribution in [2.45, 2.75) is 11.3 Å². The normalized spacial score (nSPS) is 10.1. The molecular formula is C14H12OS. The lowest BCUT2D eigenvalue weighted by Gasteiger charge is -2.01. The van der Waals surface area contributed by atoms with Crippen LogP contribution in [0.2, 0.25) is 0 Å². The predicted octanol–water partition coefficient (Wildman–Crippen LogP) is 3.40. The molecule has 0 aliphatic rings. The Labute approximate surface area is 101 Å². The van der Waals surface area contributed by atoms with Crippen LogP contribution in [-0.4, -0.2) is 5.78 Å². The van der Waals surface area contributed by atoms with Gasteiger partial charge in [-0.2, -0.15) is 0 Å². The molecule has 0 amide bonds. The molecule has 0 N–H and O–H groups in total. The van der Waals surface area contributed by atoms with Gasteiger partial charge in [0.25, 0.3) is 0 Å². The summed E-state index contributed by atoms with van der Waals surface area (Å²) in [7, 11) is 0. The molecule has 16 heavy (non-hydrogen) atoms. The van der Waals surface area contributed by atoms with Gasteiger partial charge in [-0.25, -0.2) is 0 Å². The van der Waals surface area contributed by atoms with Gasteiger partial charge in [0, 0.05) is 16.9 Å². The van der Waals surface area contributed by atoms with Crippen molar-refractivity contribution in [1.82, 2.24) is 0 Å². The van der Waals surface area contributed by atoms with Crippen LogP contribution < -0.4 is 0 Å². The fourth-order valence-electron chi connectivity index (χ4n) is 1.53. The molecule has 0 atom stereocenters. The molecule has 2 rings (SSSR count). The maximum absolute atomic E-state index is 11.9. The Bertz CT molecular complexity index is 474. The van der Waals surface area contributed by atoms with Gasteiger partial charge < -0.3 is 0 Å². The first-order valence-corrected chi connectivity index (χ1v) is 5.56. The number of thiol groups is 1. The summed E-state index contributed by atoms with van der Waals surface area (Å²) < 4.78 is 0. The van der Waals surface area contributed by atoms with Gasteiger partial charge in [0.05, 0.1) is 0 Å². The van der Waals surface area contributed by atoms with Gasteiger partial charge in [-0.05, 0) is 17.7 Å². The van der Waals surface area contributed by atoms with Gasteiger partial charge in [0.15, 0.2) is 5.78 Å². The Kier molecular flexibility index (Phi) is 3.42. The second-order valence-corrected chi connectivity index (χ2v) is 4.15. The first-order chi connectivity index (χ1) is 7.75. The standard InChI is InChI=1S/C14H12OS/c15-14(12-4-2-1-3-5-12)10-11-6-8-13(16)9-7-11/h1-9,16H,10H2. The molecule has 0 saturated heterocycles. The molecule has 80 valence electrons. The van der Waals surface area contributed by atoms with E-state index in [1.54, 1.807) is 0 Å². The Morgan fingerprint density at radius 2 is 1.56 bits per heavy atom. The summed E-state index contributed by atoms with van der Waals surface area (Å²) in [6, 6.07) is 17.0. The third-order valence-corrected chi connectivity index (χ3v) is 2.69. The second kappa shape index (κ2) is 4.99. The summed E-state index contributed by atoms with van der Waals surface area (Å²) in [5, 5.41) is 0. The fourth-order valence-corrected chi connectivity index (χ4v) is 1.67. The molecule has 1 nitrogen and oxygen atoms in total. The fraction of sp³-hybridized carbons (Fsp3) is 0.0714. The van der Waals surface area contributed by atoms with Gasteiger partial charge in [-0.1, -0.05) is 42.5 Å². The average molecular weight is 228 g/mol. The highest BCUT2D eigenvalue weighted by Gasteiger charge is 2.05. The van der Waals surface area contributed by atoms with Gasteiger partial charge in [0.1, 0.15) is 0 Å². The van der Waals surface area contributed by atoms with Crippen molar-refractivity contribution >= 4 is 18.4 Å². The number of Topliss-reactive ketones (excluding diaryl/α,β-unsaturated/α-hetero) is 1. The van der Waals surface area contributed by atoms with E-state index in [9.17, 15) is 4.79 Å². The zero-order valence-electron chi connectivity index (χ0n) is 8.76. The van der Waals surface area contributed by atoms with Crippen molar-refractivity contribution in [1.29, 1.82) is 0 Å². The van der Waals surface area contributed by atoms with E-state index in [1.807, 2.05) is 54.6 Å². The number of benzene rings is 2. The van der Waals surface area contributed by atoms with E-state index >= 15 is 0 Å². The van der Waals surface area contributed by atoms with Gasteiger partial charge >= 0.3 is 0 Å². The Morgan fingerprint density at radius 1 is 0.938 bits per heavy atom. The van der Waals surface area contributed by atoms with Crippen molar-refractivity contribution in [3.63, 3.8) is 0 Å². The largest absolute Gasteiger partial charge is 0.294 e. The molecule has 0 unspecified atom stereocenters. The van der Waals surface area contributed by atoms with Crippen molar-refractivity contribution in [3.05, 3.63) is 65.7 Å². The van der Waals surface area contributed by atoms with Crippen molar-refractivity contribution in [2.24, 2.45) is 0 Å². The monoisotopic (exact) mass is 228 g/mol. The second-order valence-electron chi connectivity index (χ2n) is 3.63. The first-order valence-electron chi connectivity index (χ1n) is 5.12. The van der Waals surface area contributed by atoms with Crippen LogP contribution >= 0.6 is 12.6 Å². The zero-order valence-corrected chi connectivity index (χ0v) is 9.65. The highest BCUT2D eigenvalue weighted by atomic mass is 32.1. The van der Waals surface area contributed by atoms with E-state index in [0.29, 0.717) is 6.42 Å². The lowest BCUT2D eigenvalue weighted by atomic mass is 10.0. The van der Waals surface area contributed by atoms with E-state index in [-0.39, 0.29) is 5.78 Å². The van der Waals surface area contributed by atoms with Gasteiger partial charge in [0.2, 0.25) is 0 Å². The van der Waals surface area contributed by atoms with Crippen LogP contribution in [0.5, 0.6) is 0 Å². The summed E-state index contributed by atoms with van der Waals surface area (Å²) in [6.45, 7) is 0. The lowest BCUT2D eigenvalue weighted by Crippen LogP contribution is -2.02. The highest BCUT2D eigenvalue weighted by Crippen LogP contribution is 2.11. The van der Waals surface area contributed by atoms with Crippen LogP contribution in [-0.2, 0) is 6.42 Å². The van der Waals surface area contributed by atoms with Crippen molar-refractivity contribution < 1.29 is 4.79 Å². The lowest BCUT2D eigenvalue weighted by molar-refractivity contribution is 0.0993. The van der Waals surface area contributed by atoms with Crippen LogP contribution in [0.15, 0.2) is 59.5 Å². The molecular weight excluding hydrogens is 216 g/mol. The zero-order chi connectivity index (χ0) is 11.4. The van der Waals surface area contributed by atoms with Crippen LogP contribution in [0.3, 0.4) is 0 Å². The SMILES string of the molecule is O=C(Cc1ccc(S)cc1)c1ccccc1. The minimum absolute atomic E-state index is 0.146. The molecule has 0 heterocycles. The van der Waals surface area contributed by atoms with Crippen LogP contribution in [0.1, 0.15) is 15.9 Å². The number of carbonyl (C=O) groups is 1. The predicted molar refractivity (Wildman–Crippen MR) is 68.2 cm³/mol. The molecule has 0 saturated carbocycles. The van der Waals surface area contributed by atoms with E-state index < -0.39 is 0 Å². The third kappa shape index (κ3) is 2.74. The molecule has 0 bridgehead atoms. The number of rotatable bonds is 3. The molecule has 2 heteroatoms. The molecule has 0 fully saturated rings. The van der Waals surface area contributed by atoms with Gasteiger partial charge in [-0.3, -0.25) is 4.79 Å². The van der Waals surface area contributed by atoms with E-state index in [0.717, 1.165) is 16.0 Å². The molecule has 2 aromatic rings. The minimum Gasteiger partial charge on any atom is -0.294 e. The minimum atomic E-state index is 0.146. The summed E-state index contributed by atoms with van der Waals surface area (Å²) in [4.78, 5) is 12.8. The van der Waals surface area contributed by atoms with E-state index in [2.05, 4.69) is 12.6 Å². The Hall–Kier alpha value is -1.54. The highest BCUT2D eigenvalue weighted by molar-refractivity contribution is 7.80. The van der Waals surface area contributed by atoms with Crippen LogP contribution in [0.25, 0.3) is 0 Å². The summed E-state index contributed by atoms with van der Waals surface area (Å²) in [5.74, 6) is 0.146. The van der Waals surface area contributed by atoms with Crippen molar-refractivity contribution in [2.75, 3.05) is 0 Å². The number of hydrogen-bond donors (Lipinski definition) is 1. The summed E-state index contributed by atoms with van der Waals surface area (Å²) in [5.41, 5.74) is 1.78. The Balaban J connectivity index is 2.11. The maximum Gasteiger partial charge on any atom is 0.167 e. The van der Waals surface area contributed by atoms with Crippen LogP contribution in [0.4, 0.5) is 0 Å². The first kappa shape index (κ1) is 11.0. The number of hydrogen-bond acceptors (Lipinski definition) is 2. The van der Waals surface area contributed by atoms with E-state index in [4.69, 9.17) is 0 Å². The Morgan fingerprint density at radius 3 is 2.19 bits per heavy atom. The van der Waals surface area contributed by atoms with Crippen molar-refractivity contribution in [3.8, 4) is 0 Å². The summed E-state index contributed by atoms with van der Waals surface area (Å²) in [6.07, 6.45) is 0.443. The molecule has 0 aliphatic heterocycles. The summed E-state index contributed by atoms with van der Waals surface area (Å²) >= 11 is 4.21. The quantitative estimate of drug-likeness (QED) is 0.629. The topological polar surface area (TPSA) is 17.1 Å². The van der Waals surface area contributed by atoms with Crippen LogP contribution in [0, 0.1) is 0 Å².